The highest BCUT2D eigenvalue weighted by molar-refractivity contribution is 5.91. The van der Waals surface area contributed by atoms with E-state index >= 15 is 0 Å². The van der Waals surface area contributed by atoms with Crippen LogP contribution in [-0.4, -0.2) is 22.6 Å². The summed E-state index contributed by atoms with van der Waals surface area (Å²) >= 11 is 0. The van der Waals surface area contributed by atoms with Gasteiger partial charge in [0, 0.05) is 12.7 Å². The zero-order chi connectivity index (χ0) is 12.8. The molecule has 0 atom stereocenters. The fraction of sp³-hybridized carbons (Fsp3) is 0.154. The van der Waals surface area contributed by atoms with Crippen LogP contribution in [0.3, 0.4) is 0 Å². The van der Waals surface area contributed by atoms with Crippen LogP contribution >= 0.6 is 0 Å². The van der Waals surface area contributed by atoms with E-state index < -0.39 is 0 Å². The van der Waals surface area contributed by atoms with Gasteiger partial charge in [-0.2, -0.15) is 5.10 Å². The largest absolute Gasteiger partial charge is 0.350 e. The molecule has 1 aromatic carbocycles. The van der Waals surface area contributed by atoms with Gasteiger partial charge in [-0.15, -0.1) is 5.10 Å². The van der Waals surface area contributed by atoms with Crippen LogP contribution in [0.4, 0.5) is 4.39 Å². The molecule has 0 aliphatic carbocycles. The highest BCUT2D eigenvalue weighted by Crippen LogP contribution is 2.03. The van der Waals surface area contributed by atoms with Gasteiger partial charge < -0.3 is 5.32 Å². The smallest absolute Gasteiger partial charge is 0.271 e. The van der Waals surface area contributed by atoms with Crippen molar-refractivity contribution in [3.05, 3.63) is 59.7 Å². The fourth-order valence-electron chi connectivity index (χ4n) is 1.53. The molecule has 18 heavy (non-hydrogen) atoms. The Labute approximate surface area is 104 Å². The van der Waals surface area contributed by atoms with E-state index in [1.807, 2.05) is 6.07 Å². The summed E-state index contributed by atoms with van der Waals surface area (Å²) in [7, 11) is 0. The first-order valence-electron chi connectivity index (χ1n) is 5.56. The van der Waals surface area contributed by atoms with E-state index in [9.17, 15) is 9.18 Å². The summed E-state index contributed by atoms with van der Waals surface area (Å²) in [6.07, 6.45) is 2.08. The average molecular weight is 245 g/mol. The molecule has 0 radical (unpaired) electrons. The first kappa shape index (κ1) is 12.2. The van der Waals surface area contributed by atoms with Gasteiger partial charge >= 0.3 is 0 Å². The predicted molar refractivity (Wildman–Crippen MR) is 64.5 cm³/mol. The number of aromatic nitrogens is 2. The van der Waals surface area contributed by atoms with Crippen LogP contribution in [-0.2, 0) is 6.42 Å². The lowest BCUT2D eigenvalue weighted by atomic mass is 10.1. The zero-order valence-electron chi connectivity index (χ0n) is 9.64. The van der Waals surface area contributed by atoms with Crippen LogP contribution in [0.15, 0.2) is 42.6 Å². The Hall–Kier alpha value is -2.30. The predicted octanol–water partition coefficient (Wildman–Crippen LogP) is 1.59. The van der Waals surface area contributed by atoms with E-state index in [-0.39, 0.29) is 17.4 Å². The molecule has 1 amide bonds. The van der Waals surface area contributed by atoms with Crippen molar-refractivity contribution in [2.45, 2.75) is 6.42 Å². The van der Waals surface area contributed by atoms with Crippen LogP contribution in [0.2, 0.25) is 0 Å². The highest BCUT2D eigenvalue weighted by atomic mass is 19.1. The minimum absolute atomic E-state index is 0.271. The molecule has 5 heteroatoms. The molecular weight excluding hydrogens is 233 g/mol. The second kappa shape index (κ2) is 5.86. The third kappa shape index (κ3) is 3.35. The van der Waals surface area contributed by atoms with Gasteiger partial charge in [0.1, 0.15) is 5.82 Å². The Morgan fingerprint density at radius 3 is 2.89 bits per heavy atom. The monoisotopic (exact) mass is 245 g/mol. The van der Waals surface area contributed by atoms with Crippen molar-refractivity contribution in [1.82, 2.24) is 15.5 Å². The number of amides is 1. The molecule has 1 N–H and O–H groups in total. The quantitative estimate of drug-likeness (QED) is 0.889. The van der Waals surface area contributed by atoms with E-state index in [1.54, 1.807) is 18.2 Å². The molecule has 0 aliphatic rings. The summed E-state index contributed by atoms with van der Waals surface area (Å²) in [4.78, 5) is 11.6. The maximum atomic E-state index is 12.9. The molecule has 1 aromatic heterocycles. The average Bonchev–Trinajstić information content (AvgIpc) is 2.40. The van der Waals surface area contributed by atoms with E-state index in [0.717, 1.165) is 5.56 Å². The van der Waals surface area contributed by atoms with Gasteiger partial charge in [-0.3, -0.25) is 4.79 Å². The molecule has 0 aliphatic heterocycles. The highest BCUT2D eigenvalue weighted by Gasteiger charge is 2.05. The second-order valence-corrected chi connectivity index (χ2v) is 3.74. The Kier molecular flexibility index (Phi) is 3.96. The van der Waals surface area contributed by atoms with Gasteiger partial charge in [-0.25, -0.2) is 4.39 Å². The summed E-state index contributed by atoms with van der Waals surface area (Å²) in [5.41, 5.74) is 1.12. The lowest BCUT2D eigenvalue weighted by molar-refractivity contribution is 0.0948. The standard InChI is InChI=1S/C13H12FN3O/c14-11-4-1-3-10(9-11)6-8-15-13(18)12-5-2-7-16-17-12/h1-5,7,9H,6,8H2,(H,15,18). The SMILES string of the molecule is O=C(NCCc1cccc(F)c1)c1cccnn1. The fourth-order valence-corrected chi connectivity index (χ4v) is 1.53. The molecule has 0 bridgehead atoms. The molecule has 1 heterocycles. The number of hydrogen-bond donors (Lipinski definition) is 1. The summed E-state index contributed by atoms with van der Waals surface area (Å²) in [6.45, 7) is 0.429. The molecule has 0 fully saturated rings. The molecule has 2 rings (SSSR count). The van der Waals surface area contributed by atoms with Crippen LogP contribution in [0.1, 0.15) is 16.1 Å². The summed E-state index contributed by atoms with van der Waals surface area (Å²) in [5, 5.41) is 10.0. The van der Waals surface area contributed by atoms with Crippen LogP contribution < -0.4 is 5.32 Å². The second-order valence-electron chi connectivity index (χ2n) is 3.74. The number of nitrogens with zero attached hydrogens (tertiary/aromatic N) is 2. The van der Waals surface area contributed by atoms with E-state index in [0.29, 0.717) is 13.0 Å². The molecule has 0 spiro atoms. The van der Waals surface area contributed by atoms with Gasteiger partial charge in [0.2, 0.25) is 0 Å². The topological polar surface area (TPSA) is 54.9 Å². The first-order chi connectivity index (χ1) is 8.75. The van der Waals surface area contributed by atoms with E-state index in [1.165, 1.54) is 18.3 Å². The molecular formula is C13H12FN3O. The Bertz CT molecular complexity index is 531. The number of carbonyl (C=O) groups excluding carboxylic acids is 1. The van der Waals surface area contributed by atoms with E-state index in [4.69, 9.17) is 0 Å². The molecule has 4 nitrogen and oxygen atoms in total. The maximum Gasteiger partial charge on any atom is 0.271 e. The van der Waals surface area contributed by atoms with Crippen LogP contribution in [0.25, 0.3) is 0 Å². The lowest BCUT2D eigenvalue weighted by Crippen LogP contribution is -2.26. The van der Waals surface area contributed by atoms with Crippen LogP contribution in [0.5, 0.6) is 0 Å². The zero-order valence-corrected chi connectivity index (χ0v) is 9.64. The van der Waals surface area contributed by atoms with Crippen molar-refractivity contribution in [2.75, 3.05) is 6.54 Å². The molecule has 0 saturated carbocycles. The minimum atomic E-state index is -0.278. The van der Waals surface area contributed by atoms with Crippen molar-refractivity contribution in [2.24, 2.45) is 0 Å². The van der Waals surface area contributed by atoms with Crippen molar-refractivity contribution in [3.63, 3.8) is 0 Å². The number of rotatable bonds is 4. The van der Waals surface area contributed by atoms with Crippen molar-refractivity contribution < 1.29 is 9.18 Å². The van der Waals surface area contributed by atoms with Gasteiger partial charge in [0.15, 0.2) is 5.69 Å². The number of benzene rings is 1. The first-order valence-corrected chi connectivity index (χ1v) is 5.56. The maximum absolute atomic E-state index is 12.9. The third-order valence-corrected chi connectivity index (χ3v) is 2.39. The van der Waals surface area contributed by atoms with Crippen molar-refractivity contribution in [1.29, 1.82) is 0 Å². The molecule has 0 saturated heterocycles. The third-order valence-electron chi connectivity index (χ3n) is 2.39. The summed E-state index contributed by atoms with van der Waals surface area (Å²) < 4.78 is 12.9. The summed E-state index contributed by atoms with van der Waals surface area (Å²) in [6, 6.07) is 9.54. The Morgan fingerprint density at radius 2 is 2.17 bits per heavy atom. The van der Waals surface area contributed by atoms with Gasteiger partial charge in [-0.05, 0) is 36.2 Å². The van der Waals surface area contributed by atoms with Crippen molar-refractivity contribution >= 4 is 5.91 Å². The van der Waals surface area contributed by atoms with Crippen LogP contribution in [0, 0.1) is 5.82 Å². The van der Waals surface area contributed by atoms with Crippen molar-refractivity contribution in [3.8, 4) is 0 Å². The summed E-state index contributed by atoms with van der Waals surface area (Å²) in [5.74, 6) is -0.549. The molecule has 0 unspecified atom stereocenters. The number of nitrogens with one attached hydrogen (secondary N) is 1. The van der Waals surface area contributed by atoms with Gasteiger partial charge in [0.05, 0.1) is 0 Å². The van der Waals surface area contributed by atoms with Gasteiger partial charge in [0.25, 0.3) is 5.91 Å². The normalized spacial score (nSPS) is 10.1. The Balaban J connectivity index is 1.84. The van der Waals surface area contributed by atoms with E-state index in [2.05, 4.69) is 15.5 Å². The number of halogens is 1. The van der Waals surface area contributed by atoms with Gasteiger partial charge in [-0.1, -0.05) is 12.1 Å². The minimum Gasteiger partial charge on any atom is -0.350 e. The molecule has 92 valence electrons. The lowest BCUT2D eigenvalue weighted by Gasteiger charge is -2.04. The molecule has 2 aromatic rings. The number of carbonyl (C=O) groups is 1. The number of hydrogen-bond acceptors (Lipinski definition) is 3. The Morgan fingerprint density at radius 1 is 1.28 bits per heavy atom.